The minimum absolute atomic E-state index is 0.0851. The summed E-state index contributed by atoms with van der Waals surface area (Å²) in [5.41, 5.74) is 2.74. The molecule has 0 fully saturated rings. The number of aromatic nitrogens is 2. The van der Waals surface area contributed by atoms with Crippen LogP contribution in [-0.2, 0) is 16.0 Å². The third-order valence-corrected chi connectivity index (χ3v) is 6.55. The lowest BCUT2D eigenvalue weighted by Crippen LogP contribution is -2.22. The Hall–Kier alpha value is -2.12. The molecule has 0 N–H and O–H groups in total. The van der Waals surface area contributed by atoms with E-state index in [9.17, 15) is 9.59 Å². The van der Waals surface area contributed by atoms with Crippen molar-refractivity contribution in [3.63, 3.8) is 0 Å². The van der Waals surface area contributed by atoms with Crippen LogP contribution in [0.5, 0.6) is 0 Å². The molecule has 2 heterocycles. The number of nitrogens with zero attached hydrogens (tertiary/aromatic N) is 2. The number of carbonyl (C=O) groups is 1. The lowest BCUT2D eigenvalue weighted by molar-refractivity contribution is -0.139. The molecular weight excluding hydrogens is 392 g/mol. The topological polar surface area (TPSA) is 61.2 Å². The predicted octanol–water partition coefficient (Wildman–Crippen LogP) is 4.67. The van der Waals surface area contributed by atoms with E-state index < -0.39 is 0 Å². The van der Waals surface area contributed by atoms with Gasteiger partial charge in [-0.2, -0.15) is 0 Å². The second-order valence-corrected chi connectivity index (χ2v) is 8.57. The van der Waals surface area contributed by atoms with E-state index in [0.717, 1.165) is 34.5 Å². The normalized spacial score (nSPS) is 11.1. The monoisotopic (exact) mass is 416 g/mol. The zero-order valence-corrected chi connectivity index (χ0v) is 18.2. The molecule has 3 rings (SSSR count). The quantitative estimate of drug-likeness (QED) is 0.318. The van der Waals surface area contributed by atoms with Crippen LogP contribution in [0.25, 0.3) is 15.9 Å². The summed E-state index contributed by atoms with van der Waals surface area (Å²) in [4.78, 5) is 32.0. The molecule has 0 aliphatic rings. The SMILES string of the molecule is CCCc1sc2nc(SCC(=O)OCC)n(-c3cccc(C)c3)c(=O)c2c1C. The van der Waals surface area contributed by atoms with Crippen LogP contribution in [0.4, 0.5) is 0 Å². The van der Waals surface area contributed by atoms with E-state index in [0.29, 0.717) is 17.1 Å². The molecule has 28 heavy (non-hydrogen) atoms. The molecule has 0 radical (unpaired) electrons. The number of hydrogen-bond donors (Lipinski definition) is 0. The Morgan fingerprint density at radius 3 is 2.75 bits per heavy atom. The van der Waals surface area contributed by atoms with Crippen molar-refractivity contribution in [2.24, 2.45) is 0 Å². The maximum atomic E-state index is 13.5. The second kappa shape index (κ2) is 8.92. The van der Waals surface area contributed by atoms with E-state index in [1.54, 1.807) is 22.8 Å². The number of thiophene rings is 1. The van der Waals surface area contributed by atoms with Crippen molar-refractivity contribution in [2.45, 2.75) is 45.7 Å². The molecule has 0 amide bonds. The number of carbonyl (C=O) groups excluding carboxylic acids is 1. The lowest BCUT2D eigenvalue weighted by Gasteiger charge is -2.12. The number of fused-ring (bicyclic) bond motifs is 1. The first-order chi connectivity index (χ1) is 13.5. The zero-order chi connectivity index (χ0) is 20.3. The average Bonchev–Trinajstić information content (AvgIpc) is 2.96. The zero-order valence-electron chi connectivity index (χ0n) is 16.6. The van der Waals surface area contributed by atoms with E-state index >= 15 is 0 Å². The first kappa shape index (κ1) is 20.6. The summed E-state index contributed by atoms with van der Waals surface area (Å²) in [6, 6.07) is 7.76. The fourth-order valence-electron chi connectivity index (χ4n) is 3.09. The number of aryl methyl sites for hydroxylation is 3. The molecule has 148 valence electrons. The molecule has 0 spiro atoms. The molecule has 3 aromatic rings. The molecule has 0 saturated carbocycles. The molecule has 0 atom stereocenters. The summed E-state index contributed by atoms with van der Waals surface area (Å²) in [6.07, 6.45) is 1.95. The summed E-state index contributed by atoms with van der Waals surface area (Å²) < 4.78 is 6.65. The van der Waals surface area contributed by atoms with Crippen LogP contribution in [0.1, 0.15) is 36.3 Å². The van der Waals surface area contributed by atoms with Crippen molar-refractivity contribution < 1.29 is 9.53 Å². The van der Waals surface area contributed by atoms with E-state index in [1.165, 1.54) is 16.6 Å². The second-order valence-electron chi connectivity index (χ2n) is 6.55. The van der Waals surface area contributed by atoms with Crippen LogP contribution >= 0.6 is 23.1 Å². The highest BCUT2D eigenvalue weighted by Gasteiger charge is 2.20. The summed E-state index contributed by atoms with van der Waals surface area (Å²) in [6.45, 7) is 8.23. The number of hydrogen-bond acceptors (Lipinski definition) is 6. The highest BCUT2D eigenvalue weighted by atomic mass is 32.2. The first-order valence-corrected chi connectivity index (χ1v) is 11.2. The van der Waals surface area contributed by atoms with Gasteiger partial charge in [0.15, 0.2) is 5.16 Å². The van der Waals surface area contributed by atoms with Crippen molar-refractivity contribution in [1.82, 2.24) is 9.55 Å². The van der Waals surface area contributed by atoms with Gasteiger partial charge < -0.3 is 4.74 Å². The number of rotatable bonds is 7. The largest absolute Gasteiger partial charge is 0.465 e. The number of ether oxygens (including phenoxy) is 1. The number of benzene rings is 1. The minimum Gasteiger partial charge on any atom is -0.465 e. The van der Waals surface area contributed by atoms with Gasteiger partial charge in [-0.3, -0.25) is 14.2 Å². The summed E-state index contributed by atoms with van der Waals surface area (Å²) in [5.74, 6) is -0.198. The molecule has 7 heteroatoms. The molecule has 0 aliphatic carbocycles. The van der Waals surface area contributed by atoms with E-state index in [-0.39, 0.29) is 17.3 Å². The molecule has 0 aliphatic heterocycles. The Balaban J connectivity index is 2.19. The fourth-order valence-corrected chi connectivity index (χ4v) is 5.22. The third kappa shape index (κ3) is 4.15. The minimum atomic E-state index is -0.313. The van der Waals surface area contributed by atoms with Crippen molar-refractivity contribution in [3.8, 4) is 5.69 Å². The fraction of sp³-hybridized carbons (Fsp3) is 0.381. The number of thioether (sulfide) groups is 1. The van der Waals surface area contributed by atoms with Crippen LogP contribution in [0.2, 0.25) is 0 Å². The van der Waals surface area contributed by atoms with Crippen molar-refractivity contribution in [1.29, 1.82) is 0 Å². The molecule has 2 aromatic heterocycles. The van der Waals surface area contributed by atoms with Gasteiger partial charge in [0, 0.05) is 4.88 Å². The Labute approximate surface area is 172 Å². The van der Waals surface area contributed by atoms with Gasteiger partial charge in [0.1, 0.15) is 4.83 Å². The molecular formula is C21H24N2O3S2. The summed E-state index contributed by atoms with van der Waals surface area (Å²) in [5, 5.41) is 1.19. The molecule has 1 aromatic carbocycles. The molecule has 0 saturated heterocycles. The average molecular weight is 417 g/mol. The highest BCUT2D eigenvalue weighted by molar-refractivity contribution is 7.99. The van der Waals surface area contributed by atoms with E-state index in [4.69, 9.17) is 9.72 Å². The van der Waals surface area contributed by atoms with Gasteiger partial charge in [-0.25, -0.2) is 4.98 Å². The highest BCUT2D eigenvalue weighted by Crippen LogP contribution is 2.31. The predicted molar refractivity (Wildman–Crippen MR) is 116 cm³/mol. The van der Waals surface area contributed by atoms with Gasteiger partial charge in [0.2, 0.25) is 0 Å². The van der Waals surface area contributed by atoms with Gasteiger partial charge in [0.25, 0.3) is 5.56 Å². The first-order valence-electron chi connectivity index (χ1n) is 9.36. The van der Waals surface area contributed by atoms with E-state index in [2.05, 4.69) is 6.92 Å². The smallest absolute Gasteiger partial charge is 0.316 e. The Kier molecular flexibility index (Phi) is 6.57. The van der Waals surface area contributed by atoms with Crippen molar-refractivity contribution >= 4 is 39.3 Å². The number of esters is 1. The standard InChI is InChI=1S/C21H24N2O3S2/c1-5-8-16-14(4)18-19(28-16)22-21(27-12-17(24)26-6-2)23(20(18)25)15-10-7-9-13(3)11-15/h7,9-11H,5-6,8,12H2,1-4H3. The van der Waals surface area contributed by atoms with Gasteiger partial charge in [-0.05, 0) is 50.5 Å². The summed E-state index contributed by atoms with van der Waals surface area (Å²) >= 11 is 2.81. The lowest BCUT2D eigenvalue weighted by atomic mass is 10.1. The Morgan fingerprint density at radius 1 is 1.29 bits per heavy atom. The van der Waals surface area contributed by atoms with E-state index in [1.807, 2.05) is 38.1 Å². The van der Waals surface area contributed by atoms with Crippen molar-refractivity contribution in [3.05, 3.63) is 50.6 Å². The van der Waals surface area contributed by atoms with Gasteiger partial charge in [-0.15, -0.1) is 11.3 Å². The van der Waals surface area contributed by atoms with Gasteiger partial charge >= 0.3 is 5.97 Å². The van der Waals surface area contributed by atoms with Crippen molar-refractivity contribution in [2.75, 3.05) is 12.4 Å². The molecule has 5 nitrogen and oxygen atoms in total. The molecule has 0 unspecified atom stereocenters. The van der Waals surface area contributed by atoms with Crippen LogP contribution in [0.15, 0.2) is 34.2 Å². The molecule has 0 bridgehead atoms. The Bertz CT molecular complexity index is 1070. The maximum absolute atomic E-state index is 13.5. The van der Waals surface area contributed by atoms with Gasteiger partial charge in [-0.1, -0.05) is 37.2 Å². The van der Waals surface area contributed by atoms with Gasteiger partial charge in [0.05, 0.1) is 23.4 Å². The Morgan fingerprint density at radius 2 is 2.07 bits per heavy atom. The van der Waals surface area contributed by atoms with Crippen LogP contribution in [0.3, 0.4) is 0 Å². The van der Waals surface area contributed by atoms with Crippen LogP contribution in [0, 0.1) is 13.8 Å². The van der Waals surface area contributed by atoms with Crippen LogP contribution in [-0.4, -0.2) is 27.9 Å². The third-order valence-electron chi connectivity index (χ3n) is 4.39. The summed E-state index contributed by atoms with van der Waals surface area (Å²) in [7, 11) is 0. The maximum Gasteiger partial charge on any atom is 0.316 e. The van der Waals surface area contributed by atoms with Crippen LogP contribution < -0.4 is 5.56 Å².